The highest BCUT2D eigenvalue weighted by Crippen LogP contribution is 2.14. The molecule has 1 unspecified atom stereocenters. The molecule has 0 saturated carbocycles. The zero-order valence-corrected chi connectivity index (χ0v) is 16.4. The van der Waals surface area contributed by atoms with Crippen molar-refractivity contribution >= 4 is 23.5 Å². The molecule has 0 aromatic heterocycles. The normalized spacial score (nSPS) is 12.1. The zero-order valence-electron chi connectivity index (χ0n) is 15.6. The summed E-state index contributed by atoms with van der Waals surface area (Å²) in [4.78, 5) is 28.6. The monoisotopic (exact) mass is 368 g/mol. The van der Waals surface area contributed by atoms with Crippen LogP contribution in [0.1, 0.15) is 37.6 Å². The second-order valence-corrected chi connectivity index (χ2v) is 6.50. The van der Waals surface area contributed by atoms with Gasteiger partial charge in [-0.25, -0.2) is 0 Å². The third-order valence-electron chi connectivity index (χ3n) is 4.25. The van der Waals surface area contributed by atoms with E-state index in [4.69, 9.17) is 16.3 Å². The summed E-state index contributed by atoms with van der Waals surface area (Å²) < 4.78 is 4.79. The van der Waals surface area contributed by atoms with Crippen molar-refractivity contribution in [3.63, 3.8) is 0 Å². The largest absolute Gasteiger partial charge is 0.469 e. The summed E-state index contributed by atoms with van der Waals surface area (Å²) in [5.74, 6) is -0.799. The molecule has 6 heteroatoms. The van der Waals surface area contributed by atoms with Crippen LogP contribution in [-0.2, 0) is 9.53 Å². The summed E-state index contributed by atoms with van der Waals surface area (Å²) >= 11 is 6.00. The van der Waals surface area contributed by atoms with Gasteiger partial charge in [0, 0.05) is 23.7 Å². The van der Waals surface area contributed by atoms with Crippen LogP contribution < -0.4 is 0 Å². The van der Waals surface area contributed by atoms with E-state index >= 15 is 0 Å². The number of carbonyl (C=O) groups excluding carboxylic acids is 2. The maximum Gasteiger partial charge on any atom is 0.310 e. The van der Waals surface area contributed by atoms with Gasteiger partial charge >= 0.3 is 5.97 Å². The second kappa shape index (κ2) is 11.1. The van der Waals surface area contributed by atoms with E-state index in [1.165, 1.54) is 7.11 Å². The summed E-state index contributed by atoms with van der Waals surface area (Å²) in [6.07, 6.45) is 0.849. The Hall–Kier alpha value is -1.59. The van der Waals surface area contributed by atoms with Gasteiger partial charge in [-0.1, -0.05) is 38.4 Å². The smallest absolute Gasteiger partial charge is 0.310 e. The fraction of sp³-hybridized carbons (Fsp3) is 0.579. The highest BCUT2D eigenvalue weighted by atomic mass is 35.5. The minimum atomic E-state index is -0.374. The first-order valence-electron chi connectivity index (χ1n) is 8.77. The van der Waals surface area contributed by atoms with Gasteiger partial charge < -0.3 is 14.5 Å². The highest BCUT2D eigenvalue weighted by molar-refractivity contribution is 6.30. The predicted octanol–water partition coefficient (Wildman–Crippen LogP) is 3.32. The third-order valence-corrected chi connectivity index (χ3v) is 4.49. The van der Waals surface area contributed by atoms with Crippen molar-refractivity contribution in [1.82, 2.24) is 9.80 Å². The number of amides is 1. The van der Waals surface area contributed by atoms with Crippen molar-refractivity contribution < 1.29 is 14.3 Å². The van der Waals surface area contributed by atoms with E-state index in [1.807, 2.05) is 0 Å². The Morgan fingerprint density at radius 2 is 1.88 bits per heavy atom. The molecule has 0 aliphatic rings. The van der Waals surface area contributed by atoms with Crippen LogP contribution in [0.15, 0.2) is 24.3 Å². The first-order valence-corrected chi connectivity index (χ1v) is 9.15. The molecule has 0 bridgehead atoms. The van der Waals surface area contributed by atoms with E-state index in [2.05, 4.69) is 18.7 Å². The number of hydrogen-bond acceptors (Lipinski definition) is 4. The number of methoxy groups -OCH3 is 1. The molecule has 1 aromatic carbocycles. The van der Waals surface area contributed by atoms with Gasteiger partial charge in [-0.3, -0.25) is 9.59 Å². The van der Waals surface area contributed by atoms with Crippen molar-refractivity contribution in [2.24, 2.45) is 5.92 Å². The fourth-order valence-electron chi connectivity index (χ4n) is 2.71. The van der Waals surface area contributed by atoms with Crippen LogP contribution >= 0.6 is 11.6 Å². The van der Waals surface area contributed by atoms with E-state index in [0.29, 0.717) is 23.7 Å². The number of rotatable bonds is 10. The Bertz CT molecular complexity index is 561. The molecule has 0 N–H and O–H groups in total. The molecule has 140 valence electrons. The van der Waals surface area contributed by atoms with Crippen molar-refractivity contribution in [2.45, 2.75) is 27.2 Å². The standard InChI is InChI=1S/C19H29ClN2O3/c1-5-21(6-2)11-8-12-22(14-15(3)19(24)25-4)18(23)16-9-7-10-17(20)13-16/h7,9-10,13,15H,5-6,8,11-12,14H2,1-4H3. The first kappa shape index (κ1) is 21.5. The van der Waals surface area contributed by atoms with Crippen LogP contribution in [0.2, 0.25) is 5.02 Å². The highest BCUT2D eigenvalue weighted by Gasteiger charge is 2.22. The zero-order chi connectivity index (χ0) is 18.8. The number of nitrogens with zero attached hydrogens (tertiary/aromatic N) is 2. The predicted molar refractivity (Wildman–Crippen MR) is 101 cm³/mol. The number of ether oxygens (including phenoxy) is 1. The molecule has 1 aromatic rings. The molecule has 0 aliphatic heterocycles. The molecular weight excluding hydrogens is 340 g/mol. The summed E-state index contributed by atoms with van der Waals surface area (Å²) in [7, 11) is 1.36. The summed E-state index contributed by atoms with van der Waals surface area (Å²) in [5, 5.41) is 0.523. The lowest BCUT2D eigenvalue weighted by molar-refractivity contribution is -0.145. The minimum Gasteiger partial charge on any atom is -0.469 e. The van der Waals surface area contributed by atoms with E-state index in [-0.39, 0.29) is 17.8 Å². The van der Waals surface area contributed by atoms with E-state index in [9.17, 15) is 9.59 Å². The maximum atomic E-state index is 12.9. The molecule has 0 radical (unpaired) electrons. The number of esters is 1. The average molecular weight is 369 g/mol. The Morgan fingerprint density at radius 3 is 2.44 bits per heavy atom. The number of halogens is 1. The molecule has 0 aliphatic carbocycles. The van der Waals surface area contributed by atoms with Gasteiger partial charge in [0.15, 0.2) is 0 Å². The minimum absolute atomic E-state index is 0.113. The number of hydrogen-bond donors (Lipinski definition) is 0. The van der Waals surface area contributed by atoms with Crippen LogP contribution in [0.3, 0.4) is 0 Å². The molecule has 0 fully saturated rings. The Morgan fingerprint density at radius 1 is 1.20 bits per heavy atom. The van der Waals surface area contributed by atoms with E-state index in [0.717, 1.165) is 26.1 Å². The SMILES string of the molecule is CCN(CC)CCCN(CC(C)C(=O)OC)C(=O)c1cccc(Cl)c1. The van der Waals surface area contributed by atoms with E-state index in [1.54, 1.807) is 36.1 Å². The summed E-state index contributed by atoms with van der Waals surface area (Å²) in [6.45, 7) is 9.82. The van der Waals surface area contributed by atoms with Gasteiger partial charge in [-0.2, -0.15) is 0 Å². The molecule has 0 heterocycles. The number of benzene rings is 1. The van der Waals surface area contributed by atoms with Crippen LogP contribution in [0.25, 0.3) is 0 Å². The van der Waals surface area contributed by atoms with Crippen LogP contribution in [0.5, 0.6) is 0 Å². The topological polar surface area (TPSA) is 49.9 Å². The lowest BCUT2D eigenvalue weighted by atomic mass is 10.1. The molecule has 25 heavy (non-hydrogen) atoms. The Balaban J connectivity index is 2.82. The Kier molecular flexibility index (Phi) is 9.53. The molecular formula is C19H29ClN2O3. The molecule has 1 atom stereocenters. The average Bonchev–Trinajstić information content (AvgIpc) is 2.62. The van der Waals surface area contributed by atoms with Crippen molar-refractivity contribution in [3.05, 3.63) is 34.9 Å². The fourth-order valence-corrected chi connectivity index (χ4v) is 2.90. The third kappa shape index (κ3) is 7.04. The second-order valence-electron chi connectivity index (χ2n) is 6.07. The van der Waals surface area contributed by atoms with Crippen LogP contribution in [0, 0.1) is 5.92 Å². The lowest BCUT2D eigenvalue weighted by Gasteiger charge is -2.27. The van der Waals surface area contributed by atoms with Gasteiger partial charge in [0.2, 0.25) is 0 Å². The molecule has 1 rings (SSSR count). The molecule has 1 amide bonds. The van der Waals surface area contributed by atoms with Crippen LogP contribution in [0.4, 0.5) is 0 Å². The van der Waals surface area contributed by atoms with Crippen molar-refractivity contribution in [1.29, 1.82) is 0 Å². The number of carbonyl (C=O) groups is 2. The van der Waals surface area contributed by atoms with Crippen molar-refractivity contribution in [3.8, 4) is 0 Å². The van der Waals surface area contributed by atoms with Gasteiger partial charge in [0.1, 0.15) is 0 Å². The summed E-state index contributed by atoms with van der Waals surface area (Å²) in [5.41, 5.74) is 0.535. The van der Waals surface area contributed by atoms with Gasteiger partial charge in [-0.15, -0.1) is 0 Å². The van der Waals surface area contributed by atoms with Gasteiger partial charge in [-0.05, 0) is 44.3 Å². The quantitative estimate of drug-likeness (QED) is 0.594. The van der Waals surface area contributed by atoms with E-state index < -0.39 is 0 Å². The summed E-state index contributed by atoms with van der Waals surface area (Å²) in [6, 6.07) is 6.89. The maximum absolute atomic E-state index is 12.9. The Labute approximate surface area is 155 Å². The van der Waals surface area contributed by atoms with Gasteiger partial charge in [0.25, 0.3) is 5.91 Å². The van der Waals surface area contributed by atoms with Crippen LogP contribution in [-0.4, -0.2) is 61.5 Å². The molecule has 0 spiro atoms. The lowest BCUT2D eigenvalue weighted by Crippen LogP contribution is -2.39. The molecule has 0 saturated heterocycles. The van der Waals surface area contributed by atoms with Crippen molar-refractivity contribution in [2.75, 3.05) is 39.8 Å². The van der Waals surface area contributed by atoms with Gasteiger partial charge in [0.05, 0.1) is 13.0 Å². The first-order chi connectivity index (χ1) is 11.9. The molecule has 5 nitrogen and oxygen atoms in total.